The summed E-state index contributed by atoms with van der Waals surface area (Å²) < 4.78 is 1.15. The molecule has 0 aliphatic rings. The molecule has 228 valence electrons. The highest BCUT2D eigenvalue weighted by atomic mass is 79.9. The molecule has 49 heavy (non-hydrogen) atoms. The summed E-state index contributed by atoms with van der Waals surface area (Å²) in [5, 5.41) is 15.1. The largest absolute Gasteiger partial charge is 0.0616 e. The van der Waals surface area contributed by atoms with Crippen LogP contribution in [-0.2, 0) is 0 Å². The van der Waals surface area contributed by atoms with Gasteiger partial charge in [-0.05, 0) is 120 Å². The van der Waals surface area contributed by atoms with Gasteiger partial charge in [-0.25, -0.2) is 0 Å². The highest BCUT2D eigenvalue weighted by molar-refractivity contribution is 9.10. The Morgan fingerprint density at radius 1 is 0.245 bits per heavy atom. The topological polar surface area (TPSA) is 0 Å². The zero-order chi connectivity index (χ0) is 32.5. The zero-order valence-electron chi connectivity index (χ0n) is 26.6. The van der Waals surface area contributed by atoms with E-state index < -0.39 is 0 Å². The van der Waals surface area contributed by atoms with Crippen molar-refractivity contribution in [1.29, 1.82) is 0 Å². The van der Waals surface area contributed by atoms with E-state index in [0.29, 0.717) is 0 Å². The third-order valence-corrected chi connectivity index (χ3v) is 11.2. The Labute approximate surface area is 293 Å². The molecule has 10 rings (SSSR count). The second-order valence-corrected chi connectivity index (χ2v) is 13.7. The van der Waals surface area contributed by atoms with Gasteiger partial charge >= 0.3 is 0 Å². The van der Waals surface area contributed by atoms with Crippen LogP contribution < -0.4 is 0 Å². The SMILES string of the molecule is Brc1c2ccccc2c(-c2ccc(-c3ccc(-c4c5ccccc5cc5ccccc45)c4ccccc34)c3ccccc23)c2ccccc12. The molecule has 0 radical (unpaired) electrons. The second kappa shape index (κ2) is 11.2. The molecule has 0 amide bonds. The van der Waals surface area contributed by atoms with Crippen LogP contribution in [0.5, 0.6) is 0 Å². The molecule has 0 spiro atoms. The van der Waals surface area contributed by atoms with Gasteiger partial charge in [-0.3, -0.25) is 0 Å². The van der Waals surface area contributed by atoms with Gasteiger partial charge in [0.05, 0.1) is 0 Å². The van der Waals surface area contributed by atoms with Crippen molar-refractivity contribution in [2.24, 2.45) is 0 Å². The minimum Gasteiger partial charge on any atom is -0.0616 e. The van der Waals surface area contributed by atoms with E-state index in [1.54, 1.807) is 0 Å². The molecule has 0 atom stereocenters. The molecular weight excluding hydrogens is 656 g/mol. The van der Waals surface area contributed by atoms with Crippen molar-refractivity contribution in [1.82, 2.24) is 0 Å². The molecule has 0 saturated carbocycles. The standard InChI is InChI=1S/C48H29Br/c49-48-44-23-11-9-21-40(44)47(41-22-10-12-24-45(41)48)43-28-26-39(35-18-6-8-20-37(35)43)38-25-27-42(36-19-7-5-17-34(36)38)46-32-15-3-1-13-30(32)29-31-14-2-4-16-33(31)46/h1-29H. The number of halogens is 1. The fraction of sp³-hybridized carbons (Fsp3) is 0. The van der Waals surface area contributed by atoms with E-state index in [9.17, 15) is 0 Å². The van der Waals surface area contributed by atoms with E-state index in [1.165, 1.54) is 98.0 Å². The molecule has 1 heteroatoms. The summed E-state index contributed by atoms with van der Waals surface area (Å²) in [6.07, 6.45) is 0. The van der Waals surface area contributed by atoms with E-state index in [4.69, 9.17) is 0 Å². The van der Waals surface area contributed by atoms with Gasteiger partial charge in [0.2, 0.25) is 0 Å². The van der Waals surface area contributed by atoms with Crippen molar-refractivity contribution in [2.45, 2.75) is 0 Å². The Morgan fingerprint density at radius 3 is 0.959 bits per heavy atom. The Morgan fingerprint density at radius 2 is 0.531 bits per heavy atom. The fourth-order valence-corrected chi connectivity index (χ4v) is 8.86. The van der Waals surface area contributed by atoms with Crippen LogP contribution in [0.2, 0.25) is 0 Å². The maximum Gasteiger partial charge on any atom is 0.0332 e. The number of benzene rings is 10. The molecule has 0 aromatic heterocycles. The van der Waals surface area contributed by atoms with Gasteiger partial charge in [0, 0.05) is 4.47 Å². The summed E-state index contributed by atoms with van der Waals surface area (Å²) in [6.45, 7) is 0. The maximum atomic E-state index is 3.95. The van der Waals surface area contributed by atoms with Crippen molar-refractivity contribution in [3.05, 3.63) is 180 Å². The first-order valence-corrected chi connectivity index (χ1v) is 17.6. The molecule has 0 nitrogen and oxygen atoms in total. The first kappa shape index (κ1) is 28.3. The average molecular weight is 686 g/mol. The first-order chi connectivity index (χ1) is 24.3. The molecule has 0 unspecified atom stereocenters. The van der Waals surface area contributed by atoms with Gasteiger partial charge in [-0.2, -0.15) is 0 Å². The molecule has 0 saturated heterocycles. The Hall–Kier alpha value is -5.76. The van der Waals surface area contributed by atoms with Crippen molar-refractivity contribution < 1.29 is 0 Å². The van der Waals surface area contributed by atoms with Gasteiger partial charge in [-0.1, -0.05) is 170 Å². The van der Waals surface area contributed by atoms with E-state index in [2.05, 4.69) is 192 Å². The van der Waals surface area contributed by atoms with E-state index in [-0.39, 0.29) is 0 Å². The summed E-state index contributed by atoms with van der Waals surface area (Å²) in [5.41, 5.74) is 7.59. The number of hydrogen-bond acceptors (Lipinski definition) is 0. The highest BCUT2D eigenvalue weighted by Crippen LogP contribution is 2.47. The van der Waals surface area contributed by atoms with Crippen molar-refractivity contribution in [3.63, 3.8) is 0 Å². The van der Waals surface area contributed by atoms with Crippen LogP contribution in [0.15, 0.2) is 180 Å². The number of rotatable bonds is 3. The van der Waals surface area contributed by atoms with E-state index in [0.717, 1.165) is 4.47 Å². The van der Waals surface area contributed by atoms with Crippen molar-refractivity contribution >= 4 is 80.6 Å². The van der Waals surface area contributed by atoms with Gasteiger partial charge in [-0.15, -0.1) is 0 Å². The molecule has 0 fully saturated rings. The van der Waals surface area contributed by atoms with Crippen molar-refractivity contribution in [2.75, 3.05) is 0 Å². The quantitative estimate of drug-likeness (QED) is 0.162. The highest BCUT2D eigenvalue weighted by Gasteiger charge is 2.19. The molecule has 0 N–H and O–H groups in total. The lowest BCUT2D eigenvalue weighted by atomic mass is 9.84. The lowest BCUT2D eigenvalue weighted by Crippen LogP contribution is -1.92. The van der Waals surface area contributed by atoms with Gasteiger partial charge in [0.1, 0.15) is 0 Å². The van der Waals surface area contributed by atoms with Crippen molar-refractivity contribution in [3.8, 4) is 33.4 Å². The minimum atomic E-state index is 1.15. The summed E-state index contributed by atoms with van der Waals surface area (Å²) in [4.78, 5) is 0. The van der Waals surface area contributed by atoms with E-state index in [1.807, 2.05) is 0 Å². The summed E-state index contributed by atoms with van der Waals surface area (Å²) >= 11 is 3.95. The number of fused-ring (bicyclic) bond motifs is 6. The predicted molar refractivity (Wildman–Crippen MR) is 215 cm³/mol. The van der Waals surface area contributed by atoms with Crippen LogP contribution in [0.25, 0.3) is 98.0 Å². The van der Waals surface area contributed by atoms with Gasteiger partial charge in [0.25, 0.3) is 0 Å². The normalized spacial score (nSPS) is 11.8. The van der Waals surface area contributed by atoms with Crippen LogP contribution in [0, 0.1) is 0 Å². The Bertz CT molecular complexity index is 2840. The Balaban J connectivity index is 1.25. The molecular formula is C48H29Br. The molecule has 0 aliphatic heterocycles. The average Bonchev–Trinajstić information content (AvgIpc) is 3.17. The molecule has 0 aliphatic carbocycles. The minimum absolute atomic E-state index is 1.15. The van der Waals surface area contributed by atoms with E-state index >= 15 is 0 Å². The van der Waals surface area contributed by atoms with Crippen LogP contribution in [0.4, 0.5) is 0 Å². The zero-order valence-corrected chi connectivity index (χ0v) is 28.2. The molecule has 10 aromatic rings. The first-order valence-electron chi connectivity index (χ1n) is 16.8. The summed E-state index contributed by atoms with van der Waals surface area (Å²) in [5.74, 6) is 0. The monoisotopic (exact) mass is 684 g/mol. The fourth-order valence-electron chi connectivity index (χ4n) is 8.17. The smallest absolute Gasteiger partial charge is 0.0332 e. The maximum absolute atomic E-state index is 3.95. The van der Waals surface area contributed by atoms with Crippen LogP contribution in [0.1, 0.15) is 0 Å². The summed E-state index contributed by atoms with van der Waals surface area (Å²) in [7, 11) is 0. The lowest BCUT2D eigenvalue weighted by molar-refractivity contribution is 1.66. The third kappa shape index (κ3) is 4.29. The van der Waals surface area contributed by atoms with Crippen LogP contribution in [-0.4, -0.2) is 0 Å². The van der Waals surface area contributed by atoms with Gasteiger partial charge < -0.3 is 0 Å². The summed E-state index contributed by atoms with van der Waals surface area (Å²) in [6, 6.07) is 64.6. The Kier molecular flexibility index (Phi) is 6.44. The number of hydrogen-bond donors (Lipinski definition) is 0. The lowest BCUT2D eigenvalue weighted by Gasteiger charge is -2.19. The van der Waals surface area contributed by atoms with Gasteiger partial charge in [0.15, 0.2) is 0 Å². The van der Waals surface area contributed by atoms with Crippen LogP contribution >= 0.6 is 15.9 Å². The van der Waals surface area contributed by atoms with Crippen LogP contribution in [0.3, 0.4) is 0 Å². The molecule has 0 heterocycles. The second-order valence-electron chi connectivity index (χ2n) is 12.9. The third-order valence-electron chi connectivity index (χ3n) is 10.3. The predicted octanol–water partition coefficient (Wildman–Crippen LogP) is 14.4. The molecule has 0 bridgehead atoms. The molecule has 10 aromatic carbocycles.